The Morgan fingerprint density at radius 2 is 1.73 bits per heavy atom. The number of Topliss-reactive ketones (excluding diaryl/α,β-unsaturated/α-hetero) is 1. The monoisotopic (exact) mass is 593 g/mol. The van der Waals surface area contributed by atoms with Crippen LogP contribution >= 0.6 is 23.2 Å². The number of nitrogens with one attached hydrogen (secondary N) is 1. The van der Waals surface area contributed by atoms with Gasteiger partial charge in [-0.15, -0.1) is 0 Å². The number of rotatable bonds is 10. The van der Waals surface area contributed by atoms with Crippen LogP contribution in [0.4, 0.5) is 0 Å². The minimum atomic E-state index is -0.485. The van der Waals surface area contributed by atoms with Gasteiger partial charge in [-0.05, 0) is 34.9 Å². The van der Waals surface area contributed by atoms with E-state index in [-0.39, 0.29) is 29.9 Å². The molecular weight excluding hydrogens is 565 g/mol. The maximum Gasteiger partial charge on any atom is 0.269 e. The van der Waals surface area contributed by atoms with Gasteiger partial charge in [-0.2, -0.15) is 0 Å². The van der Waals surface area contributed by atoms with Crippen LogP contribution in [0.5, 0.6) is 0 Å². The highest BCUT2D eigenvalue weighted by Crippen LogP contribution is 2.27. The second-order valence-electron chi connectivity index (χ2n) is 9.85. The van der Waals surface area contributed by atoms with Gasteiger partial charge in [-0.3, -0.25) is 23.9 Å². The Kier molecular flexibility index (Phi) is 9.12. The molecule has 1 unspecified atom stereocenters. The Hall–Kier alpha value is -3.60. The second kappa shape index (κ2) is 12.9. The Labute approximate surface area is 246 Å². The molecule has 212 valence electrons. The molecule has 3 aromatic carbocycles. The number of nitrogens with two attached hydrogens (primary N) is 1. The molecule has 41 heavy (non-hydrogen) atoms. The number of carbonyl (C=O) groups excluding carboxylic acids is 2. The molecule has 0 saturated carbocycles. The summed E-state index contributed by atoms with van der Waals surface area (Å²) in [5, 5.41) is 3.99. The largest absolute Gasteiger partial charge is 0.379 e. The third-order valence-corrected chi connectivity index (χ3v) is 7.85. The fourth-order valence-electron chi connectivity index (χ4n) is 4.97. The molecular formula is C30H29Cl2N5O4. The summed E-state index contributed by atoms with van der Waals surface area (Å²) < 4.78 is 6.86. The van der Waals surface area contributed by atoms with Gasteiger partial charge >= 0.3 is 0 Å². The van der Waals surface area contributed by atoms with E-state index in [0.717, 1.165) is 29.8 Å². The van der Waals surface area contributed by atoms with Gasteiger partial charge in [0.05, 0.1) is 53.6 Å². The predicted molar refractivity (Wildman–Crippen MR) is 159 cm³/mol. The molecule has 0 bridgehead atoms. The molecule has 1 atom stereocenters. The first kappa shape index (κ1) is 28.9. The topological polar surface area (TPSA) is 120 Å². The molecule has 1 fully saturated rings. The van der Waals surface area contributed by atoms with Crippen LogP contribution in [-0.4, -0.2) is 65.5 Å². The summed E-state index contributed by atoms with van der Waals surface area (Å²) in [5.74, 6) is -0.661. The lowest BCUT2D eigenvalue weighted by Crippen LogP contribution is -2.43. The lowest BCUT2D eigenvalue weighted by Gasteiger charge is -2.31. The van der Waals surface area contributed by atoms with Gasteiger partial charge in [0.25, 0.3) is 5.56 Å². The Morgan fingerprint density at radius 1 is 1.02 bits per heavy atom. The molecule has 0 aliphatic carbocycles. The van der Waals surface area contributed by atoms with E-state index in [1.165, 1.54) is 10.8 Å². The number of ketones is 1. The van der Waals surface area contributed by atoms with Crippen molar-refractivity contribution >= 4 is 45.9 Å². The zero-order valence-corrected chi connectivity index (χ0v) is 23.7. The van der Waals surface area contributed by atoms with E-state index >= 15 is 0 Å². The summed E-state index contributed by atoms with van der Waals surface area (Å²) in [4.78, 5) is 44.1. The van der Waals surface area contributed by atoms with Crippen LogP contribution in [0.2, 0.25) is 10.0 Å². The van der Waals surface area contributed by atoms with Crippen molar-refractivity contribution in [2.75, 3.05) is 39.4 Å². The van der Waals surface area contributed by atoms with E-state index in [0.29, 0.717) is 41.4 Å². The van der Waals surface area contributed by atoms with Gasteiger partial charge in [0, 0.05) is 31.2 Å². The highest BCUT2D eigenvalue weighted by atomic mass is 35.5. The third kappa shape index (κ3) is 6.83. The van der Waals surface area contributed by atoms with E-state index in [4.69, 9.17) is 33.7 Å². The fraction of sp³-hybridized carbons (Fsp3) is 0.267. The second-order valence-corrected chi connectivity index (χ2v) is 10.7. The normalized spacial score (nSPS) is 14.7. The van der Waals surface area contributed by atoms with E-state index in [1.807, 2.05) is 36.4 Å². The third-order valence-electron chi connectivity index (χ3n) is 7.13. The molecule has 3 N–H and O–H groups in total. The molecule has 2 heterocycles. The van der Waals surface area contributed by atoms with Crippen molar-refractivity contribution in [2.45, 2.75) is 12.6 Å². The smallest absolute Gasteiger partial charge is 0.269 e. The number of halogens is 2. The molecule has 1 aliphatic rings. The first-order valence-corrected chi connectivity index (χ1v) is 13.9. The van der Waals surface area contributed by atoms with Gasteiger partial charge in [0.1, 0.15) is 0 Å². The van der Waals surface area contributed by atoms with E-state index in [9.17, 15) is 14.4 Å². The number of ether oxygens (including phenoxy) is 1. The summed E-state index contributed by atoms with van der Waals surface area (Å²) in [5.41, 5.74) is 9.16. The van der Waals surface area contributed by atoms with Crippen molar-refractivity contribution in [1.82, 2.24) is 19.8 Å². The minimum Gasteiger partial charge on any atom is -0.379 e. The van der Waals surface area contributed by atoms with Crippen molar-refractivity contribution in [3.05, 3.63) is 98.4 Å². The van der Waals surface area contributed by atoms with Crippen LogP contribution in [0.3, 0.4) is 0 Å². The van der Waals surface area contributed by atoms with Crippen molar-refractivity contribution < 1.29 is 14.3 Å². The molecule has 11 heteroatoms. The van der Waals surface area contributed by atoms with Crippen molar-refractivity contribution in [3.8, 4) is 11.1 Å². The molecule has 1 saturated heterocycles. The number of carbonyl (C=O) groups is 2. The first-order valence-electron chi connectivity index (χ1n) is 13.2. The highest BCUT2D eigenvalue weighted by molar-refractivity contribution is 6.42. The SMILES string of the molecule is NC(=O)c1ccccc1-c1ccc(C(CN2CCOCC2)NCC(=O)Cn2c(=O)cnc3cc(Cl)c(Cl)cc32)cc1. The molecule has 1 amide bonds. The number of fused-ring (bicyclic) bond motifs is 1. The molecule has 0 radical (unpaired) electrons. The average molecular weight is 594 g/mol. The molecule has 0 spiro atoms. The molecule has 5 rings (SSSR count). The number of nitrogens with zero attached hydrogens (tertiary/aromatic N) is 3. The number of hydrogen-bond acceptors (Lipinski definition) is 7. The van der Waals surface area contributed by atoms with E-state index in [1.54, 1.807) is 24.3 Å². The Morgan fingerprint density at radius 3 is 2.46 bits per heavy atom. The van der Waals surface area contributed by atoms with Crippen LogP contribution in [0, 0.1) is 0 Å². The number of benzene rings is 3. The number of primary amides is 1. The van der Waals surface area contributed by atoms with Gasteiger partial charge in [-0.1, -0.05) is 65.7 Å². The summed E-state index contributed by atoms with van der Waals surface area (Å²) in [7, 11) is 0. The number of amides is 1. The summed E-state index contributed by atoms with van der Waals surface area (Å²) in [6, 6.07) is 18.0. The maximum absolute atomic E-state index is 13.1. The fourth-order valence-corrected chi connectivity index (χ4v) is 5.28. The van der Waals surface area contributed by atoms with Crippen molar-refractivity contribution in [3.63, 3.8) is 0 Å². The Balaban J connectivity index is 1.35. The van der Waals surface area contributed by atoms with Crippen LogP contribution in [0.1, 0.15) is 22.0 Å². The average Bonchev–Trinajstić information content (AvgIpc) is 2.98. The van der Waals surface area contributed by atoms with E-state index < -0.39 is 11.5 Å². The van der Waals surface area contributed by atoms with Crippen LogP contribution < -0.4 is 16.6 Å². The van der Waals surface area contributed by atoms with Crippen molar-refractivity contribution in [2.24, 2.45) is 5.73 Å². The zero-order valence-electron chi connectivity index (χ0n) is 22.2. The quantitative estimate of drug-likeness (QED) is 0.287. The number of aromatic nitrogens is 2. The zero-order chi connectivity index (χ0) is 28.9. The summed E-state index contributed by atoms with van der Waals surface area (Å²) in [6.07, 6.45) is 1.17. The standard InChI is InChI=1S/C30H29Cl2N5O4/c31-24-13-26-28(14-25(24)32)37(29(39)16-35-26)17-21(38)15-34-27(18-36-9-11-41-12-10-36)20-7-5-19(6-8-20)22-3-1-2-4-23(22)30(33)40/h1-8,13-14,16,27,34H,9-12,15,17-18H2,(H2,33,40). The summed E-state index contributed by atoms with van der Waals surface area (Å²) >= 11 is 12.3. The maximum atomic E-state index is 13.1. The lowest BCUT2D eigenvalue weighted by molar-refractivity contribution is -0.119. The van der Waals surface area contributed by atoms with Crippen LogP contribution in [-0.2, 0) is 16.1 Å². The number of morpholine rings is 1. The summed E-state index contributed by atoms with van der Waals surface area (Å²) in [6.45, 7) is 3.45. The highest BCUT2D eigenvalue weighted by Gasteiger charge is 2.20. The van der Waals surface area contributed by atoms with Gasteiger partial charge in [0.2, 0.25) is 5.91 Å². The van der Waals surface area contributed by atoms with Gasteiger partial charge in [0.15, 0.2) is 5.78 Å². The molecule has 9 nitrogen and oxygen atoms in total. The molecule has 1 aromatic heterocycles. The van der Waals surface area contributed by atoms with Crippen LogP contribution in [0.15, 0.2) is 71.7 Å². The number of hydrogen-bond donors (Lipinski definition) is 2. The Bertz CT molecular complexity index is 1630. The minimum absolute atomic E-state index is 0.0405. The van der Waals surface area contributed by atoms with Gasteiger partial charge < -0.3 is 15.8 Å². The van der Waals surface area contributed by atoms with Gasteiger partial charge in [-0.25, -0.2) is 4.98 Å². The predicted octanol–water partition coefficient (Wildman–Crippen LogP) is 3.70. The molecule has 4 aromatic rings. The van der Waals surface area contributed by atoms with Crippen LogP contribution in [0.25, 0.3) is 22.2 Å². The lowest BCUT2D eigenvalue weighted by atomic mass is 9.96. The first-order chi connectivity index (χ1) is 19.8. The molecule has 1 aliphatic heterocycles. The van der Waals surface area contributed by atoms with E-state index in [2.05, 4.69) is 15.2 Å². The van der Waals surface area contributed by atoms with Crippen molar-refractivity contribution in [1.29, 1.82) is 0 Å².